The molecule has 9 heavy (non-hydrogen) atoms. The average molecular weight is 152 g/mol. The van der Waals surface area contributed by atoms with Crippen LogP contribution in [-0.2, 0) is 4.79 Å². The number of carboxylic acids is 1. The third kappa shape index (κ3) is 7.72. The summed E-state index contributed by atoms with van der Waals surface area (Å²) in [6.07, 6.45) is 0.814. The van der Waals surface area contributed by atoms with Gasteiger partial charge in [0.05, 0.1) is 6.54 Å². The molecule has 0 bridgehead atoms. The highest BCUT2D eigenvalue weighted by Gasteiger charge is 1.92. The van der Waals surface area contributed by atoms with E-state index < -0.39 is 5.97 Å². The summed E-state index contributed by atoms with van der Waals surface area (Å²) >= 11 is 5.33. The maximum absolute atomic E-state index is 9.87. The topological polar surface area (TPSA) is 49.3 Å². The summed E-state index contributed by atoms with van der Waals surface area (Å²) in [6, 6.07) is 0. The van der Waals surface area contributed by atoms with E-state index in [2.05, 4.69) is 5.32 Å². The first-order chi connectivity index (χ1) is 4.27. The van der Waals surface area contributed by atoms with Gasteiger partial charge in [-0.2, -0.15) is 0 Å². The van der Waals surface area contributed by atoms with E-state index in [0.29, 0.717) is 12.4 Å². The highest BCUT2D eigenvalue weighted by atomic mass is 35.5. The molecule has 2 N–H and O–H groups in total. The number of aliphatic carboxylic acids is 1. The van der Waals surface area contributed by atoms with Gasteiger partial charge in [-0.25, -0.2) is 0 Å². The fraction of sp³-hybridized carbons (Fsp3) is 0.800. The number of rotatable bonds is 5. The van der Waals surface area contributed by atoms with Crippen LogP contribution in [0.15, 0.2) is 0 Å². The van der Waals surface area contributed by atoms with E-state index in [1.807, 2.05) is 0 Å². The van der Waals surface area contributed by atoms with Crippen LogP contribution in [0.2, 0.25) is 0 Å². The Morgan fingerprint density at radius 1 is 1.67 bits per heavy atom. The molecular formula is C5H10ClNO2. The van der Waals surface area contributed by atoms with Crippen LogP contribution in [-0.4, -0.2) is 30.0 Å². The first kappa shape index (κ1) is 8.72. The second kappa shape index (κ2) is 5.85. The Kier molecular flexibility index (Phi) is 5.67. The number of hydrogen-bond acceptors (Lipinski definition) is 2. The minimum absolute atomic E-state index is 0.0247. The maximum atomic E-state index is 9.87. The van der Waals surface area contributed by atoms with E-state index >= 15 is 0 Å². The molecule has 0 radical (unpaired) electrons. The molecule has 0 fully saturated rings. The average Bonchev–Trinajstić information content (AvgIpc) is 1.80. The van der Waals surface area contributed by atoms with Crippen molar-refractivity contribution in [3.05, 3.63) is 0 Å². The van der Waals surface area contributed by atoms with Crippen molar-refractivity contribution < 1.29 is 9.90 Å². The van der Waals surface area contributed by atoms with Crippen LogP contribution in [0, 0.1) is 0 Å². The van der Waals surface area contributed by atoms with E-state index in [-0.39, 0.29) is 6.54 Å². The molecule has 0 aliphatic rings. The first-order valence-electron chi connectivity index (χ1n) is 2.76. The van der Waals surface area contributed by atoms with Gasteiger partial charge in [0, 0.05) is 5.88 Å². The monoisotopic (exact) mass is 151 g/mol. The smallest absolute Gasteiger partial charge is 0.317 e. The predicted molar refractivity (Wildman–Crippen MR) is 35.8 cm³/mol. The van der Waals surface area contributed by atoms with Gasteiger partial charge in [-0.15, -0.1) is 11.6 Å². The van der Waals surface area contributed by atoms with Gasteiger partial charge < -0.3 is 10.4 Å². The summed E-state index contributed by atoms with van der Waals surface area (Å²) in [5.74, 6) is -0.253. The molecule has 0 aromatic rings. The zero-order valence-electron chi connectivity index (χ0n) is 5.06. The van der Waals surface area contributed by atoms with Crippen LogP contribution in [0.1, 0.15) is 6.42 Å². The summed E-state index contributed by atoms with van der Waals surface area (Å²) in [6.45, 7) is 0.701. The lowest BCUT2D eigenvalue weighted by atomic mass is 10.5. The molecule has 0 aromatic carbocycles. The van der Waals surface area contributed by atoms with E-state index in [1.165, 1.54) is 0 Å². The Bertz CT molecular complexity index is 87.0. The summed E-state index contributed by atoms with van der Waals surface area (Å²) in [5.41, 5.74) is 0. The van der Waals surface area contributed by atoms with Gasteiger partial charge in [-0.05, 0) is 13.0 Å². The fourth-order valence-corrected chi connectivity index (χ4v) is 0.521. The largest absolute Gasteiger partial charge is 0.480 e. The van der Waals surface area contributed by atoms with Gasteiger partial charge >= 0.3 is 5.97 Å². The van der Waals surface area contributed by atoms with Gasteiger partial charge in [0.25, 0.3) is 0 Å². The van der Waals surface area contributed by atoms with Crippen LogP contribution < -0.4 is 5.32 Å². The van der Waals surface area contributed by atoms with E-state index in [0.717, 1.165) is 6.42 Å². The van der Waals surface area contributed by atoms with Crippen LogP contribution in [0.4, 0.5) is 0 Å². The normalized spacial score (nSPS) is 9.44. The number of hydrogen-bond donors (Lipinski definition) is 2. The number of halogens is 1. The lowest BCUT2D eigenvalue weighted by Crippen LogP contribution is -2.23. The number of alkyl halides is 1. The molecule has 0 rings (SSSR count). The van der Waals surface area contributed by atoms with E-state index in [1.54, 1.807) is 0 Å². The van der Waals surface area contributed by atoms with Crippen molar-refractivity contribution in [2.45, 2.75) is 6.42 Å². The van der Waals surface area contributed by atoms with Crippen LogP contribution in [0.25, 0.3) is 0 Å². The second-order valence-corrected chi connectivity index (χ2v) is 1.99. The molecule has 0 saturated heterocycles. The van der Waals surface area contributed by atoms with Gasteiger partial charge in [0.15, 0.2) is 0 Å². The number of carbonyl (C=O) groups is 1. The molecule has 0 atom stereocenters. The summed E-state index contributed by atoms with van der Waals surface area (Å²) in [4.78, 5) is 9.87. The predicted octanol–water partition coefficient (Wildman–Crippen LogP) is 0.290. The Hall–Kier alpha value is -0.280. The first-order valence-corrected chi connectivity index (χ1v) is 3.29. The highest BCUT2D eigenvalue weighted by Crippen LogP contribution is 1.79. The molecule has 0 aliphatic heterocycles. The lowest BCUT2D eigenvalue weighted by Gasteiger charge is -1.96. The van der Waals surface area contributed by atoms with Crippen molar-refractivity contribution in [2.75, 3.05) is 19.0 Å². The van der Waals surface area contributed by atoms with Crippen molar-refractivity contribution in [3.63, 3.8) is 0 Å². The Morgan fingerprint density at radius 2 is 2.33 bits per heavy atom. The van der Waals surface area contributed by atoms with Gasteiger partial charge in [0.2, 0.25) is 0 Å². The molecule has 54 valence electrons. The van der Waals surface area contributed by atoms with E-state index in [9.17, 15) is 4.79 Å². The molecule has 0 aromatic heterocycles. The third-order valence-corrected chi connectivity index (χ3v) is 1.03. The highest BCUT2D eigenvalue weighted by molar-refractivity contribution is 6.17. The minimum Gasteiger partial charge on any atom is -0.480 e. The summed E-state index contributed by atoms with van der Waals surface area (Å²) < 4.78 is 0. The molecule has 0 aliphatic carbocycles. The van der Waals surface area contributed by atoms with Crippen LogP contribution in [0.5, 0.6) is 0 Å². The zero-order valence-corrected chi connectivity index (χ0v) is 5.82. The van der Waals surface area contributed by atoms with Crippen LogP contribution >= 0.6 is 11.6 Å². The Labute approximate surface area is 59.0 Å². The number of carboxylic acid groups (broad SMARTS) is 1. The Balaban J connectivity index is 2.83. The molecule has 0 unspecified atom stereocenters. The zero-order chi connectivity index (χ0) is 7.11. The molecule has 3 nitrogen and oxygen atoms in total. The van der Waals surface area contributed by atoms with Crippen molar-refractivity contribution in [1.29, 1.82) is 0 Å². The van der Waals surface area contributed by atoms with Crippen LogP contribution in [0.3, 0.4) is 0 Å². The maximum Gasteiger partial charge on any atom is 0.317 e. The molecule has 0 amide bonds. The van der Waals surface area contributed by atoms with Crippen molar-refractivity contribution >= 4 is 17.6 Å². The second-order valence-electron chi connectivity index (χ2n) is 1.61. The quantitative estimate of drug-likeness (QED) is 0.439. The van der Waals surface area contributed by atoms with Gasteiger partial charge in [-0.1, -0.05) is 0 Å². The molecule has 0 heterocycles. The SMILES string of the molecule is O=C(O)CNCCCCl. The molecule has 0 spiro atoms. The minimum atomic E-state index is -0.829. The molecular weight excluding hydrogens is 142 g/mol. The van der Waals surface area contributed by atoms with E-state index in [4.69, 9.17) is 16.7 Å². The summed E-state index contributed by atoms with van der Waals surface area (Å²) in [5, 5.41) is 10.8. The van der Waals surface area contributed by atoms with Crippen molar-refractivity contribution in [3.8, 4) is 0 Å². The Morgan fingerprint density at radius 3 is 2.78 bits per heavy atom. The lowest BCUT2D eigenvalue weighted by molar-refractivity contribution is -0.135. The fourth-order valence-electron chi connectivity index (χ4n) is 0.387. The summed E-state index contributed by atoms with van der Waals surface area (Å²) in [7, 11) is 0. The standard InChI is InChI=1S/C5H10ClNO2/c6-2-1-3-7-4-5(8)9/h7H,1-4H2,(H,8,9). The molecule has 0 saturated carbocycles. The number of nitrogens with one attached hydrogen (secondary N) is 1. The van der Waals surface area contributed by atoms with Crippen molar-refractivity contribution in [1.82, 2.24) is 5.32 Å². The van der Waals surface area contributed by atoms with Gasteiger partial charge in [-0.3, -0.25) is 4.79 Å². The van der Waals surface area contributed by atoms with Gasteiger partial charge in [0.1, 0.15) is 0 Å². The molecule has 4 heteroatoms. The van der Waals surface area contributed by atoms with Crippen molar-refractivity contribution in [2.24, 2.45) is 0 Å². The third-order valence-electron chi connectivity index (χ3n) is 0.763.